The van der Waals surface area contributed by atoms with Gasteiger partial charge in [0.15, 0.2) is 0 Å². The van der Waals surface area contributed by atoms with Crippen molar-refractivity contribution in [1.82, 2.24) is 4.57 Å². The zero-order valence-corrected chi connectivity index (χ0v) is 10.3. The van der Waals surface area contributed by atoms with E-state index in [-0.39, 0.29) is 5.82 Å². The number of nitrogens with zero attached hydrogens (tertiary/aromatic N) is 1. The van der Waals surface area contributed by atoms with Gasteiger partial charge in [0.2, 0.25) is 0 Å². The van der Waals surface area contributed by atoms with Crippen LogP contribution in [0.1, 0.15) is 40.4 Å². The van der Waals surface area contributed by atoms with Crippen molar-refractivity contribution in [3.05, 3.63) is 59.2 Å². The summed E-state index contributed by atoms with van der Waals surface area (Å²) in [5.41, 5.74) is 1.76. The molecular weight excluding hydrogens is 245 g/mol. The second kappa shape index (κ2) is 4.53. The van der Waals surface area contributed by atoms with Crippen LogP contribution in [0.2, 0.25) is 0 Å². The molecule has 0 spiro atoms. The van der Waals surface area contributed by atoms with E-state index in [1.165, 1.54) is 6.07 Å². The van der Waals surface area contributed by atoms with Gasteiger partial charge in [-0.15, -0.1) is 0 Å². The topological polar surface area (TPSA) is 42.2 Å². The van der Waals surface area contributed by atoms with Crippen LogP contribution >= 0.6 is 0 Å². The Morgan fingerprint density at radius 3 is 2.68 bits per heavy atom. The number of rotatable bonds is 4. The molecule has 3 nitrogen and oxygen atoms in total. The number of hydrogen-bond acceptors (Lipinski definition) is 1. The maximum absolute atomic E-state index is 13.7. The molecule has 98 valence electrons. The highest BCUT2D eigenvalue weighted by atomic mass is 19.1. The molecule has 1 aromatic carbocycles. The third-order valence-electron chi connectivity index (χ3n) is 3.50. The summed E-state index contributed by atoms with van der Waals surface area (Å²) in [4.78, 5) is 11.2. The van der Waals surface area contributed by atoms with E-state index >= 15 is 0 Å². The first-order chi connectivity index (χ1) is 9.16. The number of carboxylic acids is 1. The van der Waals surface area contributed by atoms with Crippen LogP contribution in [0.25, 0.3) is 0 Å². The number of aromatic carboxylic acids is 1. The van der Waals surface area contributed by atoms with Crippen molar-refractivity contribution in [2.24, 2.45) is 0 Å². The molecule has 0 atom stereocenters. The standard InChI is InChI=1S/C15H14FNO2/c16-13-4-2-1-3-11(13)9-17-8-7-12(15(18)19)14(17)10-5-6-10/h1-4,7-8,10H,5-6,9H2,(H,18,19). The number of carbonyl (C=O) groups is 1. The highest BCUT2D eigenvalue weighted by Crippen LogP contribution is 2.42. The molecule has 0 radical (unpaired) electrons. The van der Waals surface area contributed by atoms with E-state index in [1.54, 1.807) is 30.5 Å². The minimum absolute atomic E-state index is 0.255. The summed E-state index contributed by atoms with van der Waals surface area (Å²) in [7, 11) is 0. The van der Waals surface area contributed by atoms with Gasteiger partial charge in [0.1, 0.15) is 5.82 Å². The first kappa shape index (κ1) is 12.0. The van der Waals surface area contributed by atoms with Gasteiger partial charge in [-0.25, -0.2) is 9.18 Å². The molecule has 1 saturated carbocycles. The third kappa shape index (κ3) is 2.26. The maximum Gasteiger partial charge on any atom is 0.337 e. The molecule has 0 amide bonds. The molecule has 1 fully saturated rings. The summed E-state index contributed by atoms with van der Waals surface area (Å²) >= 11 is 0. The van der Waals surface area contributed by atoms with Crippen LogP contribution in [0.15, 0.2) is 36.5 Å². The summed E-state index contributed by atoms with van der Waals surface area (Å²) in [6, 6.07) is 8.20. The van der Waals surface area contributed by atoms with Gasteiger partial charge in [-0.3, -0.25) is 0 Å². The van der Waals surface area contributed by atoms with Crippen LogP contribution in [0.3, 0.4) is 0 Å². The fourth-order valence-electron chi connectivity index (χ4n) is 2.42. The molecule has 2 aromatic rings. The Morgan fingerprint density at radius 1 is 1.32 bits per heavy atom. The molecule has 0 unspecified atom stereocenters. The monoisotopic (exact) mass is 259 g/mol. The van der Waals surface area contributed by atoms with Crippen molar-refractivity contribution in [3.63, 3.8) is 0 Å². The lowest BCUT2D eigenvalue weighted by Gasteiger charge is -2.10. The molecule has 0 aliphatic heterocycles. The fourth-order valence-corrected chi connectivity index (χ4v) is 2.42. The van der Waals surface area contributed by atoms with Crippen molar-refractivity contribution >= 4 is 5.97 Å². The van der Waals surface area contributed by atoms with E-state index in [4.69, 9.17) is 0 Å². The zero-order valence-electron chi connectivity index (χ0n) is 10.3. The SMILES string of the molecule is O=C(O)c1ccn(Cc2ccccc2F)c1C1CC1. The van der Waals surface area contributed by atoms with E-state index in [2.05, 4.69) is 0 Å². The summed E-state index contributed by atoms with van der Waals surface area (Å²) < 4.78 is 15.5. The smallest absolute Gasteiger partial charge is 0.337 e. The first-order valence-electron chi connectivity index (χ1n) is 6.32. The maximum atomic E-state index is 13.7. The highest BCUT2D eigenvalue weighted by Gasteiger charge is 2.31. The van der Waals surface area contributed by atoms with Gasteiger partial charge in [0.25, 0.3) is 0 Å². The Bertz CT molecular complexity index is 629. The Kier molecular flexibility index (Phi) is 2.85. The van der Waals surface area contributed by atoms with Crippen molar-refractivity contribution in [2.45, 2.75) is 25.3 Å². The molecule has 0 saturated heterocycles. The molecule has 1 N–H and O–H groups in total. The molecule has 0 bridgehead atoms. The number of benzene rings is 1. The normalized spacial score (nSPS) is 14.6. The van der Waals surface area contributed by atoms with Crippen LogP contribution in [0.5, 0.6) is 0 Å². The summed E-state index contributed by atoms with van der Waals surface area (Å²) in [6.07, 6.45) is 3.77. The van der Waals surface area contributed by atoms with Crippen molar-refractivity contribution in [1.29, 1.82) is 0 Å². The minimum atomic E-state index is -0.908. The number of aromatic nitrogens is 1. The average Bonchev–Trinajstić information content (AvgIpc) is 3.13. The first-order valence-corrected chi connectivity index (χ1v) is 6.32. The van der Waals surface area contributed by atoms with Crippen LogP contribution < -0.4 is 0 Å². The second-order valence-corrected chi connectivity index (χ2v) is 4.91. The zero-order chi connectivity index (χ0) is 13.4. The number of carboxylic acid groups (broad SMARTS) is 1. The van der Waals surface area contributed by atoms with Gasteiger partial charge < -0.3 is 9.67 Å². The van der Waals surface area contributed by atoms with Crippen molar-refractivity contribution in [3.8, 4) is 0 Å². The lowest BCUT2D eigenvalue weighted by atomic mass is 10.1. The van der Waals surface area contributed by atoms with Crippen LogP contribution in [-0.4, -0.2) is 15.6 Å². The third-order valence-corrected chi connectivity index (χ3v) is 3.50. The number of hydrogen-bond donors (Lipinski definition) is 1. The van der Waals surface area contributed by atoms with E-state index in [0.717, 1.165) is 18.5 Å². The molecule has 3 rings (SSSR count). The quantitative estimate of drug-likeness (QED) is 0.915. The summed E-state index contributed by atoms with van der Waals surface area (Å²) in [5.74, 6) is -0.850. The second-order valence-electron chi connectivity index (χ2n) is 4.91. The molecule has 1 aliphatic carbocycles. The average molecular weight is 259 g/mol. The predicted molar refractivity (Wildman–Crippen MR) is 68.9 cm³/mol. The minimum Gasteiger partial charge on any atom is -0.478 e. The molecular formula is C15H14FNO2. The predicted octanol–water partition coefficient (Wildman–Crippen LogP) is 3.25. The summed E-state index contributed by atoms with van der Waals surface area (Å²) in [5, 5.41) is 9.19. The van der Waals surface area contributed by atoms with Gasteiger partial charge in [-0.1, -0.05) is 18.2 Å². The largest absolute Gasteiger partial charge is 0.478 e. The Morgan fingerprint density at radius 2 is 2.05 bits per heavy atom. The molecule has 4 heteroatoms. The van der Waals surface area contributed by atoms with E-state index in [9.17, 15) is 14.3 Å². The van der Waals surface area contributed by atoms with Crippen LogP contribution in [-0.2, 0) is 6.54 Å². The molecule has 1 aromatic heterocycles. The van der Waals surface area contributed by atoms with Gasteiger partial charge in [-0.05, 0) is 25.0 Å². The van der Waals surface area contributed by atoms with Gasteiger partial charge in [0, 0.05) is 23.4 Å². The van der Waals surface area contributed by atoms with Gasteiger partial charge in [0.05, 0.1) is 12.1 Å². The lowest BCUT2D eigenvalue weighted by molar-refractivity contribution is 0.0695. The van der Waals surface area contributed by atoms with Crippen LogP contribution in [0.4, 0.5) is 4.39 Å². The Hall–Kier alpha value is -2.10. The molecule has 1 heterocycles. The molecule has 19 heavy (non-hydrogen) atoms. The van der Waals surface area contributed by atoms with Crippen molar-refractivity contribution < 1.29 is 14.3 Å². The summed E-state index contributed by atoms with van der Waals surface area (Å²) in [6.45, 7) is 0.381. The van der Waals surface area contributed by atoms with Crippen LogP contribution in [0, 0.1) is 5.82 Å². The Labute approximate surface area is 110 Å². The Balaban J connectivity index is 1.97. The number of halogens is 1. The van der Waals surface area contributed by atoms with E-state index in [0.29, 0.717) is 23.6 Å². The fraction of sp³-hybridized carbons (Fsp3) is 0.267. The van der Waals surface area contributed by atoms with Gasteiger partial charge in [-0.2, -0.15) is 0 Å². The van der Waals surface area contributed by atoms with E-state index in [1.807, 2.05) is 4.57 Å². The molecule has 1 aliphatic rings. The lowest BCUT2D eigenvalue weighted by Crippen LogP contribution is -2.07. The van der Waals surface area contributed by atoms with Crippen molar-refractivity contribution in [2.75, 3.05) is 0 Å². The van der Waals surface area contributed by atoms with E-state index < -0.39 is 5.97 Å². The van der Waals surface area contributed by atoms with Gasteiger partial charge >= 0.3 is 5.97 Å². The highest BCUT2D eigenvalue weighted by molar-refractivity contribution is 5.89.